The molecule has 0 unspecified atom stereocenters. The average Bonchev–Trinajstić information content (AvgIpc) is 2.35. The van der Waals surface area contributed by atoms with Crippen molar-refractivity contribution in [2.75, 3.05) is 32.7 Å². The first-order valence-electron chi connectivity index (χ1n) is 5.23. The van der Waals surface area contributed by atoms with Gasteiger partial charge in [-0.1, -0.05) is 18.2 Å². The zero-order chi connectivity index (χ0) is 12.7. The van der Waals surface area contributed by atoms with E-state index in [1.54, 1.807) is 30.3 Å². The fraction of sp³-hybridized carbons (Fsp3) is 0.455. The number of sulfonamides is 1. The van der Waals surface area contributed by atoms with E-state index in [1.807, 2.05) is 0 Å². The van der Waals surface area contributed by atoms with Gasteiger partial charge in [0.1, 0.15) is 0 Å². The van der Waals surface area contributed by atoms with E-state index in [1.165, 1.54) is 11.4 Å². The lowest BCUT2D eigenvalue weighted by atomic mass is 10.4. The molecular weight excluding hydrogens is 262 g/mol. The highest BCUT2D eigenvalue weighted by Gasteiger charge is 2.23. The first-order valence-corrected chi connectivity index (χ1v) is 7.20. The second-order valence-corrected chi connectivity index (χ2v) is 5.71. The van der Waals surface area contributed by atoms with E-state index in [0.29, 0.717) is 13.2 Å². The van der Waals surface area contributed by atoms with E-state index in [9.17, 15) is 8.42 Å². The molecule has 0 heterocycles. The maximum atomic E-state index is 12.2. The number of rotatable bonds is 7. The van der Waals surface area contributed by atoms with Crippen LogP contribution in [0.4, 0.5) is 0 Å². The van der Waals surface area contributed by atoms with E-state index in [0.717, 1.165) is 0 Å². The fourth-order valence-electron chi connectivity index (χ4n) is 1.38. The Hall–Kier alpha value is -0.620. The molecule has 0 amide bonds. The van der Waals surface area contributed by atoms with Gasteiger partial charge < -0.3 is 4.74 Å². The smallest absolute Gasteiger partial charge is 0.243 e. The number of alkyl halides is 1. The molecule has 0 aliphatic rings. The van der Waals surface area contributed by atoms with Crippen molar-refractivity contribution in [2.24, 2.45) is 0 Å². The molecule has 96 valence electrons. The second kappa shape index (κ2) is 6.96. The average molecular weight is 278 g/mol. The highest BCUT2D eigenvalue weighted by Crippen LogP contribution is 2.14. The summed E-state index contributed by atoms with van der Waals surface area (Å²) >= 11 is 5.62. The van der Waals surface area contributed by atoms with Crippen LogP contribution in [0.2, 0.25) is 0 Å². The fourth-order valence-corrected chi connectivity index (χ4v) is 3.13. The summed E-state index contributed by atoms with van der Waals surface area (Å²) in [7, 11) is -1.93. The third-order valence-corrected chi connectivity index (χ3v) is 4.34. The van der Waals surface area contributed by atoms with Crippen molar-refractivity contribution in [3.63, 3.8) is 0 Å². The monoisotopic (exact) mass is 277 g/mol. The van der Waals surface area contributed by atoms with Gasteiger partial charge in [0.15, 0.2) is 0 Å². The van der Waals surface area contributed by atoms with Crippen LogP contribution in [-0.2, 0) is 14.8 Å². The highest BCUT2D eigenvalue weighted by atomic mass is 35.5. The normalized spacial score (nSPS) is 11.9. The Kier molecular flexibility index (Phi) is 5.91. The van der Waals surface area contributed by atoms with Gasteiger partial charge in [-0.25, -0.2) is 8.42 Å². The van der Waals surface area contributed by atoms with Crippen molar-refractivity contribution in [1.82, 2.24) is 4.31 Å². The lowest BCUT2D eigenvalue weighted by Gasteiger charge is -2.20. The van der Waals surface area contributed by atoms with Crippen LogP contribution in [0.25, 0.3) is 0 Å². The highest BCUT2D eigenvalue weighted by molar-refractivity contribution is 7.89. The molecule has 17 heavy (non-hydrogen) atoms. The molecule has 0 atom stereocenters. The molecule has 0 radical (unpaired) electrons. The topological polar surface area (TPSA) is 46.6 Å². The Morgan fingerprint density at radius 3 is 2.41 bits per heavy atom. The number of benzene rings is 1. The summed E-state index contributed by atoms with van der Waals surface area (Å²) in [5.74, 6) is 0.260. The van der Waals surface area contributed by atoms with E-state index >= 15 is 0 Å². The van der Waals surface area contributed by atoms with Crippen molar-refractivity contribution in [2.45, 2.75) is 4.90 Å². The van der Waals surface area contributed by atoms with Gasteiger partial charge in [-0.15, -0.1) is 11.6 Å². The quantitative estimate of drug-likeness (QED) is 0.711. The molecule has 0 aliphatic carbocycles. The van der Waals surface area contributed by atoms with Crippen LogP contribution in [0.3, 0.4) is 0 Å². The minimum absolute atomic E-state index is 0.260. The van der Waals surface area contributed by atoms with Gasteiger partial charge >= 0.3 is 0 Å². The first kappa shape index (κ1) is 14.4. The number of methoxy groups -OCH3 is 1. The molecule has 0 aliphatic heterocycles. The number of nitrogens with zero attached hydrogens (tertiary/aromatic N) is 1. The Morgan fingerprint density at radius 1 is 1.24 bits per heavy atom. The van der Waals surface area contributed by atoms with Gasteiger partial charge in [-0.05, 0) is 12.1 Å². The van der Waals surface area contributed by atoms with Crippen molar-refractivity contribution in [3.05, 3.63) is 30.3 Å². The van der Waals surface area contributed by atoms with Crippen molar-refractivity contribution in [3.8, 4) is 0 Å². The molecule has 0 spiro atoms. The third-order valence-electron chi connectivity index (χ3n) is 2.26. The molecule has 1 rings (SSSR count). The zero-order valence-corrected chi connectivity index (χ0v) is 11.2. The van der Waals surface area contributed by atoms with E-state index < -0.39 is 10.0 Å². The Morgan fingerprint density at radius 2 is 1.88 bits per heavy atom. The van der Waals surface area contributed by atoms with E-state index in [2.05, 4.69) is 0 Å². The maximum Gasteiger partial charge on any atom is 0.243 e. The molecule has 0 saturated carbocycles. The number of halogens is 1. The zero-order valence-electron chi connectivity index (χ0n) is 9.67. The largest absolute Gasteiger partial charge is 0.383 e. The van der Waals surface area contributed by atoms with Gasteiger partial charge in [-0.3, -0.25) is 0 Å². The molecule has 1 aromatic carbocycles. The molecule has 0 N–H and O–H groups in total. The van der Waals surface area contributed by atoms with Crippen molar-refractivity contribution in [1.29, 1.82) is 0 Å². The minimum Gasteiger partial charge on any atom is -0.383 e. The molecule has 0 fully saturated rings. The van der Waals surface area contributed by atoms with Gasteiger partial charge in [0, 0.05) is 26.1 Å². The summed E-state index contributed by atoms with van der Waals surface area (Å²) in [6, 6.07) is 8.32. The molecule has 1 aromatic rings. The molecule has 0 bridgehead atoms. The molecule has 0 saturated heterocycles. The predicted octanol–water partition coefficient (Wildman–Crippen LogP) is 1.56. The summed E-state index contributed by atoms with van der Waals surface area (Å²) in [6.45, 7) is 0.936. The summed E-state index contributed by atoms with van der Waals surface area (Å²) in [4.78, 5) is 0.279. The summed E-state index contributed by atoms with van der Waals surface area (Å²) < 4.78 is 30.7. The molecule has 0 aromatic heterocycles. The lowest BCUT2D eigenvalue weighted by molar-refractivity contribution is 0.180. The Balaban J connectivity index is 2.92. The van der Waals surface area contributed by atoms with Crippen LogP contribution >= 0.6 is 11.6 Å². The minimum atomic E-state index is -3.47. The lowest BCUT2D eigenvalue weighted by Crippen LogP contribution is -2.35. The first-order chi connectivity index (χ1) is 8.12. The van der Waals surface area contributed by atoms with Crippen molar-refractivity contribution >= 4 is 21.6 Å². The summed E-state index contributed by atoms with van der Waals surface area (Å²) in [6.07, 6.45) is 0. The van der Waals surface area contributed by atoms with Crippen LogP contribution in [0.15, 0.2) is 35.2 Å². The van der Waals surface area contributed by atoms with Gasteiger partial charge in [0.2, 0.25) is 10.0 Å². The second-order valence-electron chi connectivity index (χ2n) is 3.40. The summed E-state index contributed by atoms with van der Waals surface area (Å²) in [5.41, 5.74) is 0. The van der Waals surface area contributed by atoms with E-state index in [-0.39, 0.29) is 17.3 Å². The van der Waals surface area contributed by atoms with Crippen LogP contribution in [0.5, 0.6) is 0 Å². The number of ether oxygens (including phenoxy) is 1. The van der Waals surface area contributed by atoms with Gasteiger partial charge in [0.05, 0.1) is 11.5 Å². The van der Waals surface area contributed by atoms with Crippen LogP contribution in [0.1, 0.15) is 0 Å². The van der Waals surface area contributed by atoms with E-state index in [4.69, 9.17) is 16.3 Å². The summed E-state index contributed by atoms with van der Waals surface area (Å²) in [5, 5.41) is 0. The maximum absolute atomic E-state index is 12.2. The van der Waals surface area contributed by atoms with Crippen LogP contribution in [0, 0.1) is 0 Å². The van der Waals surface area contributed by atoms with Gasteiger partial charge in [0.25, 0.3) is 0 Å². The number of hydrogen-bond acceptors (Lipinski definition) is 3. The Labute approximate surface area is 107 Å². The SMILES string of the molecule is COCCN(CCCl)S(=O)(=O)c1ccccc1. The van der Waals surface area contributed by atoms with Gasteiger partial charge in [-0.2, -0.15) is 4.31 Å². The molecule has 6 heteroatoms. The number of hydrogen-bond donors (Lipinski definition) is 0. The standard InChI is InChI=1S/C11H16ClNO3S/c1-16-10-9-13(8-7-12)17(14,15)11-5-3-2-4-6-11/h2-6H,7-10H2,1H3. The molecule has 4 nitrogen and oxygen atoms in total. The van der Waals surface area contributed by atoms with Crippen LogP contribution < -0.4 is 0 Å². The molecular formula is C11H16ClNO3S. The van der Waals surface area contributed by atoms with Crippen molar-refractivity contribution < 1.29 is 13.2 Å². The van der Waals surface area contributed by atoms with Crippen LogP contribution in [-0.4, -0.2) is 45.4 Å². The Bertz CT molecular complexity index is 422. The third kappa shape index (κ3) is 3.96. The predicted molar refractivity (Wildman–Crippen MR) is 67.8 cm³/mol.